The molecule has 0 bridgehead atoms. The van der Waals surface area contributed by atoms with Gasteiger partial charge >= 0.3 is 0 Å². The summed E-state index contributed by atoms with van der Waals surface area (Å²) in [4.78, 5) is 0. The lowest BCUT2D eigenvalue weighted by Gasteiger charge is -2.11. The molecule has 0 spiro atoms. The summed E-state index contributed by atoms with van der Waals surface area (Å²) in [6.07, 6.45) is 2.05. The van der Waals surface area contributed by atoms with E-state index < -0.39 is 8.07 Å². The number of nitrogens with zero attached hydrogens (tertiary/aromatic N) is 1. The molecule has 0 aliphatic rings. The van der Waals surface area contributed by atoms with Gasteiger partial charge in [0.2, 0.25) is 0 Å². The molecule has 0 heterocycles. The lowest BCUT2D eigenvalue weighted by molar-refractivity contribution is 1.39. The van der Waals surface area contributed by atoms with Crippen LogP contribution >= 0.6 is 0 Å². The van der Waals surface area contributed by atoms with Crippen LogP contribution in [-0.4, -0.2) is 8.07 Å². The van der Waals surface area contributed by atoms with Gasteiger partial charge in [0.1, 0.15) is 0 Å². The summed E-state index contributed by atoms with van der Waals surface area (Å²) in [6, 6.07) is 3.24. The summed E-state index contributed by atoms with van der Waals surface area (Å²) in [6.45, 7) is 8.76. The van der Waals surface area contributed by atoms with Gasteiger partial charge in [-0.3, -0.25) is 0 Å². The SMILES string of the molecule is CC(C#N)=CC[Si](C)(C)C. The summed E-state index contributed by atoms with van der Waals surface area (Å²) < 4.78 is 0. The van der Waals surface area contributed by atoms with Crippen molar-refractivity contribution < 1.29 is 0 Å². The summed E-state index contributed by atoms with van der Waals surface area (Å²) in [5.41, 5.74) is 0.849. The molecule has 0 amide bonds. The summed E-state index contributed by atoms with van der Waals surface area (Å²) in [5.74, 6) is 0. The van der Waals surface area contributed by atoms with E-state index in [9.17, 15) is 0 Å². The second-order valence-electron chi connectivity index (χ2n) is 3.76. The first-order chi connectivity index (χ1) is 4.45. The van der Waals surface area contributed by atoms with Crippen molar-refractivity contribution in [2.45, 2.75) is 32.6 Å². The zero-order valence-corrected chi connectivity index (χ0v) is 8.23. The fraction of sp³-hybridized carbons (Fsp3) is 0.625. The van der Waals surface area contributed by atoms with Crippen molar-refractivity contribution in [3.8, 4) is 6.07 Å². The highest BCUT2D eigenvalue weighted by molar-refractivity contribution is 6.76. The minimum Gasteiger partial charge on any atom is -0.193 e. The standard InChI is InChI=1S/C8H15NSi/c1-8(7-9)5-6-10(2,3)4/h5H,6H2,1-4H3. The predicted octanol–water partition coefficient (Wildman–Crippen LogP) is 2.79. The number of allylic oxidation sites excluding steroid dienone is 2. The van der Waals surface area contributed by atoms with Gasteiger partial charge in [-0.1, -0.05) is 25.7 Å². The molecule has 2 heteroatoms. The van der Waals surface area contributed by atoms with Crippen molar-refractivity contribution >= 4 is 8.07 Å². The van der Waals surface area contributed by atoms with E-state index in [1.54, 1.807) is 0 Å². The summed E-state index contributed by atoms with van der Waals surface area (Å²) in [5, 5.41) is 8.43. The Bertz CT molecular complexity index is 169. The molecule has 1 nitrogen and oxygen atoms in total. The van der Waals surface area contributed by atoms with Crippen LogP contribution in [0.2, 0.25) is 25.7 Å². The van der Waals surface area contributed by atoms with Crippen LogP contribution < -0.4 is 0 Å². The molecule has 0 rings (SSSR count). The van der Waals surface area contributed by atoms with Crippen molar-refractivity contribution in [3.63, 3.8) is 0 Å². The van der Waals surface area contributed by atoms with Crippen molar-refractivity contribution in [3.05, 3.63) is 11.6 Å². The van der Waals surface area contributed by atoms with E-state index in [-0.39, 0.29) is 0 Å². The third-order valence-corrected chi connectivity index (χ3v) is 2.63. The van der Waals surface area contributed by atoms with E-state index in [2.05, 4.69) is 25.7 Å². The quantitative estimate of drug-likeness (QED) is 0.442. The summed E-state index contributed by atoms with van der Waals surface area (Å²) >= 11 is 0. The lowest BCUT2D eigenvalue weighted by atomic mass is 10.3. The van der Waals surface area contributed by atoms with Gasteiger partial charge in [-0.25, -0.2) is 0 Å². The maximum atomic E-state index is 8.43. The molecule has 0 unspecified atom stereocenters. The van der Waals surface area contributed by atoms with Gasteiger partial charge in [0.15, 0.2) is 0 Å². The van der Waals surface area contributed by atoms with Crippen LogP contribution in [0, 0.1) is 11.3 Å². The zero-order chi connectivity index (χ0) is 8.20. The fourth-order valence-electron chi connectivity index (χ4n) is 0.505. The molecule has 56 valence electrons. The van der Waals surface area contributed by atoms with Gasteiger partial charge in [0.05, 0.1) is 6.07 Å². The Balaban J connectivity index is 3.88. The first kappa shape index (κ1) is 9.45. The summed E-state index contributed by atoms with van der Waals surface area (Å²) in [7, 11) is -0.964. The normalized spacial score (nSPS) is 12.9. The average molecular weight is 153 g/mol. The Labute approximate surface area is 64.4 Å². The molecule has 0 saturated carbocycles. The molecular formula is C8H15NSi. The predicted molar refractivity (Wildman–Crippen MR) is 47.5 cm³/mol. The molecule has 0 radical (unpaired) electrons. The molecule has 0 saturated heterocycles. The average Bonchev–Trinajstić information content (AvgIpc) is 1.81. The Morgan fingerprint density at radius 2 is 2.00 bits per heavy atom. The van der Waals surface area contributed by atoms with Crippen LogP contribution in [-0.2, 0) is 0 Å². The second-order valence-corrected chi connectivity index (χ2v) is 9.29. The van der Waals surface area contributed by atoms with E-state index in [0.717, 1.165) is 11.6 Å². The highest BCUT2D eigenvalue weighted by atomic mass is 28.3. The Kier molecular flexibility index (Phi) is 3.38. The monoisotopic (exact) mass is 153 g/mol. The van der Waals surface area contributed by atoms with Gasteiger partial charge < -0.3 is 0 Å². The molecular weight excluding hydrogens is 138 g/mol. The Hall–Kier alpha value is -0.553. The lowest BCUT2D eigenvalue weighted by Crippen LogP contribution is -2.17. The van der Waals surface area contributed by atoms with Crippen molar-refractivity contribution in [2.24, 2.45) is 0 Å². The largest absolute Gasteiger partial charge is 0.193 e. The minimum absolute atomic E-state index is 0.849. The number of rotatable bonds is 2. The van der Waals surface area contributed by atoms with Gasteiger partial charge in [0, 0.05) is 13.6 Å². The van der Waals surface area contributed by atoms with Gasteiger partial charge in [-0.2, -0.15) is 5.26 Å². The second kappa shape index (κ2) is 3.57. The third-order valence-electron chi connectivity index (χ3n) is 1.20. The van der Waals surface area contributed by atoms with Crippen LogP contribution in [0.25, 0.3) is 0 Å². The maximum absolute atomic E-state index is 8.43. The van der Waals surface area contributed by atoms with Crippen LogP contribution in [0.5, 0.6) is 0 Å². The first-order valence-electron chi connectivity index (χ1n) is 3.52. The molecule has 0 aromatic rings. The Morgan fingerprint density at radius 1 is 1.50 bits per heavy atom. The van der Waals surface area contributed by atoms with Crippen LogP contribution in [0.4, 0.5) is 0 Å². The topological polar surface area (TPSA) is 23.8 Å². The highest BCUT2D eigenvalue weighted by Crippen LogP contribution is 2.09. The van der Waals surface area contributed by atoms with Gasteiger partial charge in [-0.15, -0.1) is 0 Å². The van der Waals surface area contributed by atoms with Crippen LogP contribution in [0.1, 0.15) is 6.92 Å². The van der Waals surface area contributed by atoms with Crippen LogP contribution in [0.3, 0.4) is 0 Å². The van der Waals surface area contributed by atoms with Crippen molar-refractivity contribution in [1.29, 1.82) is 5.26 Å². The number of nitriles is 1. The molecule has 0 fully saturated rings. The van der Waals surface area contributed by atoms with Crippen LogP contribution in [0.15, 0.2) is 11.6 Å². The third kappa shape index (κ3) is 5.58. The molecule has 0 aliphatic heterocycles. The molecule has 0 N–H and O–H groups in total. The van der Waals surface area contributed by atoms with Gasteiger partial charge in [-0.05, 0) is 13.0 Å². The molecule has 0 aliphatic carbocycles. The molecule has 0 aromatic heterocycles. The Morgan fingerprint density at radius 3 is 2.30 bits per heavy atom. The maximum Gasteiger partial charge on any atom is 0.0940 e. The highest BCUT2D eigenvalue weighted by Gasteiger charge is 2.09. The van der Waals surface area contributed by atoms with E-state index in [0.29, 0.717) is 0 Å². The van der Waals surface area contributed by atoms with E-state index in [1.165, 1.54) is 0 Å². The molecule has 0 aromatic carbocycles. The van der Waals surface area contributed by atoms with Gasteiger partial charge in [0.25, 0.3) is 0 Å². The molecule has 10 heavy (non-hydrogen) atoms. The van der Waals surface area contributed by atoms with Crippen molar-refractivity contribution in [2.75, 3.05) is 0 Å². The smallest absolute Gasteiger partial charge is 0.0940 e. The first-order valence-corrected chi connectivity index (χ1v) is 7.23. The fourth-order valence-corrected chi connectivity index (χ4v) is 1.42. The number of hydrogen-bond acceptors (Lipinski definition) is 1. The van der Waals surface area contributed by atoms with E-state index in [4.69, 9.17) is 5.26 Å². The minimum atomic E-state index is -0.964. The van der Waals surface area contributed by atoms with E-state index >= 15 is 0 Å². The molecule has 0 atom stereocenters. The van der Waals surface area contributed by atoms with Crippen molar-refractivity contribution in [1.82, 2.24) is 0 Å². The van der Waals surface area contributed by atoms with E-state index in [1.807, 2.05) is 13.0 Å². The zero-order valence-electron chi connectivity index (χ0n) is 7.23. The number of hydrogen-bond donors (Lipinski definition) is 0.